The van der Waals surface area contributed by atoms with Gasteiger partial charge in [0, 0.05) is 12.1 Å². The fourth-order valence-corrected chi connectivity index (χ4v) is 2.69. The summed E-state index contributed by atoms with van der Waals surface area (Å²) in [6.07, 6.45) is 0.716. The van der Waals surface area contributed by atoms with Gasteiger partial charge >= 0.3 is 12.1 Å². The van der Waals surface area contributed by atoms with Crippen LogP contribution >= 0.6 is 0 Å². The lowest BCUT2D eigenvalue weighted by atomic mass is 10.2. The molecule has 3 rings (SSSR count). The Morgan fingerprint density at radius 3 is 2.67 bits per heavy atom. The first-order chi connectivity index (χ1) is 14.4. The van der Waals surface area contributed by atoms with Gasteiger partial charge in [-0.25, -0.2) is 14.2 Å². The zero-order chi connectivity index (χ0) is 21.5. The first-order valence-electron chi connectivity index (χ1n) is 8.91. The number of hydrogen-bond donors (Lipinski definition) is 1. The summed E-state index contributed by atoms with van der Waals surface area (Å²) in [5.41, 5.74) is 1.86. The second-order valence-electron chi connectivity index (χ2n) is 6.31. The van der Waals surface area contributed by atoms with Crippen molar-refractivity contribution in [1.82, 2.24) is 9.88 Å². The second-order valence-corrected chi connectivity index (χ2v) is 6.31. The van der Waals surface area contributed by atoms with Gasteiger partial charge < -0.3 is 19.0 Å². The molecule has 0 fully saturated rings. The number of rotatable bonds is 8. The predicted octanol–water partition coefficient (Wildman–Crippen LogP) is 3.71. The van der Waals surface area contributed by atoms with E-state index in [2.05, 4.69) is 9.72 Å². The van der Waals surface area contributed by atoms with E-state index in [9.17, 15) is 14.0 Å². The zero-order valence-electron chi connectivity index (χ0n) is 16.1. The quantitative estimate of drug-likeness (QED) is 0.599. The number of aromatic nitrogens is 1. The van der Waals surface area contributed by atoms with Crippen LogP contribution in [0.4, 0.5) is 9.18 Å². The van der Waals surface area contributed by atoms with E-state index in [1.54, 1.807) is 36.4 Å². The predicted molar refractivity (Wildman–Crippen MR) is 103 cm³/mol. The Balaban J connectivity index is 1.63. The highest BCUT2D eigenvalue weighted by molar-refractivity contribution is 5.76. The minimum atomic E-state index is -1.14. The standard InChI is InChI=1S/C21H19FN2O6/c1-28-21(27)24(11-19(25)26)10-14-3-2-4-18(9-14)29-12-17-13-30-20(23-17)15-5-7-16(22)8-6-15/h2-9,13H,10-12H2,1H3,(H,25,26). The molecule has 0 saturated heterocycles. The summed E-state index contributed by atoms with van der Waals surface area (Å²) in [5.74, 6) is -0.623. The molecule has 0 atom stereocenters. The van der Waals surface area contributed by atoms with Crippen LogP contribution in [0.25, 0.3) is 11.5 Å². The molecule has 2 aromatic carbocycles. The molecule has 0 unspecified atom stereocenters. The van der Waals surface area contributed by atoms with Gasteiger partial charge in [0.05, 0.1) is 7.11 Å². The number of oxazole rings is 1. The highest BCUT2D eigenvalue weighted by Gasteiger charge is 2.18. The molecule has 1 N–H and O–H groups in total. The van der Waals surface area contributed by atoms with Crippen LogP contribution in [0.1, 0.15) is 11.3 Å². The monoisotopic (exact) mass is 414 g/mol. The molecule has 0 radical (unpaired) electrons. The van der Waals surface area contributed by atoms with E-state index in [1.807, 2.05) is 0 Å². The normalized spacial score (nSPS) is 10.5. The van der Waals surface area contributed by atoms with Gasteiger partial charge in [-0.1, -0.05) is 12.1 Å². The summed E-state index contributed by atoms with van der Waals surface area (Å²) in [4.78, 5) is 28.1. The molecule has 8 nitrogen and oxygen atoms in total. The van der Waals surface area contributed by atoms with E-state index in [4.69, 9.17) is 14.3 Å². The van der Waals surface area contributed by atoms with Gasteiger partial charge in [-0.2, -0.15) is 0 Å². The maximum absolute atomic E-state index is 13.0. The van der Waals surface area contributed by atoms with Crippen LogP contribution in [-0.4, -0.2) is 40.7 Å². The molecule has 0 aliphatic rings. The molecule has 0 aliphatic heterocycles. The Hall–Kier alpha value is -3.88. The number of carboxylic acids is 1. The maximum Gasteiger partial charge on any atom is 0.410 e. The van der Waals surface area contributed by atoms with E-state index in [1.165, 1.54) is 25.5 Å². The molecule has 9 heteroatoms. The Kier molecular flexibility index (Phi) is 6.63. The minimum absolute atomic E-state index is 0.0504. The van der Waals surface area contributed by atoms with Crippen LogP contribution in [0.2, 0.25) is 0 Å². The first kappa shape index (κ1) is 20.8. The van der Waals surface area contributed by atoms with Gasteiger partial charge in [0.15, 0.2) is 0 Å². The molecule has 0 spiro atoms. The lowest BCUT2D eigenvalue weighted by Gasteiger charge is -2.19. The summed E-state index contributed by atoms with van der Waals surface area (Å²) in [7, 11) is 1.19. The van der Waals surface area contributed by atoms with Crippen LogP contribution in [0.5, 0.6) is 5.75 Å². The number of hydrogen-bond acceptors (Lipinski definition) is 6. The molecular formula is C21H19FN2O6. The topological polar surface area (TPSA) is 102 Å². The average molecular weight is 414 g/mol. The Morgan fingerprint density at radius 1 is 1.20 bits per heavy atom. The highest BCUT2D eigenvalue weighted by atomic mass is 19.1. The van der Waals surface area contributed by atoms with Gasteiger partial charge in [-0.15, -0.1) is 0 Å². The summed E-state index contributed by atoms with van der Waals surface area (Å²) in [5, 5.41) is 8.96. The fraction of sp³-hybridized carbons (Fsp3) is 0.190. The molecular weight excluding hydrogens is 395 g/mol. The van der Waals surface area contributed by atoms with E-state index >= 15 is 0 Å². The van der Waals surface area contributed by atoms with Crippen molar-refractivity contribution in [1.29, 1.82) is 0 Å². The van der Waals surface area contributed by atoms with Gasteiger partial charge in [0.2, 0.25) is 5.89 Å². The third-order valence-corrected chi connectivity index (χ3v) is 4.06. The van der Waals surface area contributed by atoms with Crippen LogP contribution in [0.3, 0.4) is 0 Å². The van der Waals surface area contributed by atoms with Crippen molar-refractivity contribution in [3.63, 3.8) is 0 Å². The molecule has 0 saturated carbocycles. The van der Waals surface area contributed by atoms with Gasteiger partial charge in [-0.05, 0) is 42.0 Å². The van der Waals surface area contributed by atoms with Crippen molar-refractivity contribution in [3.05, 3.63) is 71.9 Å². The fourth-order valence-electron chi connectivity index (χ4n) is 2.69. The molecule has 3 aromatic rings. The van der Waals surface area contributed by atoms with Crippen LogP contribution in [0, 0.1) is 5.82 Å². The molecule has 1 amide bonds. The van der Waals surface area contributed by atoms with Crippen LogP contribution < -0.4 is 4.74 Å². The number of carbonyl (C=O) groups excluding carboxylic acids is 1. The summed E-state index contributed by atoms with van der Waals surface area (Å²) in [6.45, 7) is -0.304. The molecule has 0 aliphatic carbocycles. The van der Waals surface area contributed by atoms with Crippen molar-refractivity contribution in [2.45, 2.75) is 13.2 Å². The summed E-state index contributed by atoms with van der Waals surface area (Å²) < 4.78 is 28.8. The zero-order valence-corrected chi connectivity index (χ0v) is 16.1. The lowest BCUT2D eigenvalue weighted by molar-refractivity contribution is -0.138. The van der Waals surface area contributed by atoms with E-state index in [-0.39, 0.29) is 19.0 Å². The summed E-state index contributed by atoms with van der Waals surface area (Å²) in [6, 6.07) is 12.7. The largest absolute Gasteiger partial charge is 0.487 e. The number of benzene rings is 2. The van der Waals surface area contributed by atoms with Crippen molar-refractivity contribution in [2.24, 2.45) is 0 Å². The van der Waals surface area contributed by atoms with Gasteiger partial charge in [0.1, 0.15) is 36.7 Å². The molecule has 30 heavy (non-hydrogen) atoms. The third kappa shape index (κ3) is 5.57. The van der Waals surface area contributed by atoms with Gasteiger partial charge in [-0.3, -0.25) is 9.69 Å². The van der Waals surface area contributed by atoms with Crippen LogP contribution in [0.15, 0.2) is 59.2 Å². The highest BCUT2D eigenvalue weighted by Crippen LogP contribution is 2.21. The maximum atomic E-state index is 13.0. The SMILES string of the molecule is COC(=O)N(CC(=O)O)Cc1cccc(OCc2coc(-c3ccc(F)cc3)n2)c1. The average Bonchev–Trinajstić information content (AvgIpc) is 3.21. The van der Waals surface area contributed by atoms with E-state index in [0.29, 0.717) is 28.5 Å². The first-order valence-corrected chi connectivity index (χ1v) is 8.91. The number of nitrogens with zero attached hydrogens (tertiary/aromatic N) is 2. The Labute approximate surface area is 171 Å². The van der Waals surface area contributed by atoms with E-state index in [0.717, 1.165) is 4.90 Å². The smallest absolute Gasteiger partial charge is 0.410 e. The lowest BCUT2D eigenvalue weighted by Crippen LogP contribution is -2.35. The summed E-state index contributed by atoms with van der Waals surface area (Å²) >= 11 is 0. The van der Waals surface area contributed by atoms with Crippen molar-refractivity contribution in [2.75, 3.05) is 13.7 Å². The van der Waals surface area contributed by atoms with Crippen molar-refractivity contribution < 1.29 is 33.0 Å². The third-order valence-electron chi connectivity index (χ3n) is 4.06. The number of amides is 1. The number of ether oxygens (including phenoxy) is 2. The second kappa shape index (κ2) is 9.55. The number of methoxy groups -OCH3 is 1. The Morgan fingerprint density at radius 2 is 1.97 bits per heavy atom. The number of carbonyl (C=O) groups is 2. The molecule has 0 bridgehead atoms. The molecule has 1 heterocycles. The van der Waals surface area contributed by atoms with E-state index < -0.39 is 18.6 Å². The number of aliphatic carboxylic acids is 1. The van der Waals surface area contributed by atoms with Crippen LogP contribution in [-0.2, 0) is 22.7 Å². The van der Waals surface area contributed by atoms with Crippen molar-refractivity contribution in [3.8, 4) is 17.2 Å². The Bertz CT molecular complexity index is 1020. The number of carboxylic acid groups (broad SMARTS) is 1. The van der Waals surface area contributed by atoms with Gasteiger partial charge in [0.25, 0.3) is 0 Å². The molecule has 1 aromatic heterocycles. The number of halogens is 1. The minimum Gasteiger partial charge on any atom is -0.487 e. The van der Waals surface area contributed by atoms with Crippen molar-refractivity contribution >= 4 is 12.1 Å². The molecule has 156 valence electrons.